The minimum atomic E-state index is -0.122. The van der Waals surface area contributed by atoms with Crippen LogP contribution in [0.4, 0.5) is 5.13 Å². The summed E-state index contributed by atoms with van der Waals surface area (Å²) in [7, 11) is 0. The van der Waals surface area contributed by atoms with Crippen molar-refractivity contribution < 1.29 is 4.79 Å². The number of aromatic nitrogens is 3. The van der Waals surface area contributed by atoms with Crippen molar-refractivity contribution in [1.82, 2.24) is 14.8 Å². The number of hydrogen-bond acceptors (Lipinski definition) is 4. The van der Waals surface area contributed by atoms with Gasteiger partial charge in [-0.15, -0.1) is 17.9 Å². The van der Waals surface area contributed by atoms with Gasteiger partial charge in [-0.1, -0.05) is 36.4 Å². The number of anilines is 1. The van der Waals surface area contributed by atoms with Gasteiger partial charge in [-0.2, -0.15) is 5.10 Å². The molecule has 0 saturated carbocycles. The van der Waals surface area contributed by atoms with Crippen molar-refractivity contribution in [2.45, 2.75) is 13.5 Å². The van der Waals surface area contributed by atoms with Crippen molar-refractivity contribution in [3.63, 3.8) is 0 Å². The number of rotatable bonds is 6. The average Bonchev–Trinajstić information content (AvgIpc) is 3.29. The number of carbonyl (C=O) groups excluding carboxylic acids is 1. The molecule has 5 nitrogen and oxygen atoms in total. The second kappa shape index (κ2) is 7.23. The van der Waals surface area contributed by atoms with Crippen LogP contribution in [0.5, 0.6) is 0 Å². The Balaban J connectivity index is 1.89. The summed E-state index contributed by atoms with van der Waals surface area (Å²) in [6, 6.07) is 9.92. The zero-order chi connectivity index (χ0) is 16.9. The first-order valence-corrected chi connectivity index (χ1v) is 8.57. The molecule has 0 aliphatic rings. The maximum atomic E-state index is 12.8. The van der Waals surface area contributed by atoms with Crippen LogP contribution >= 0.6 is 11.3 Å². The molecule has 0 bridgehead atoms. The second-order valence-corrected chi connectivity index (χ2v) is 6.01. The molecule has 0 unspecified atom stereocenters. The van der Waals surface area contributed by atoms with Crippen LogP contribution in [0.1, 0.15) is 17.3 Å². The summed E-state index contributed by atoms with van der Waals surface area (Å²) >= 11 is 1.45. The molecule has 0 saturated heterocycles. The van der Waals surface area contributed by atoms with E-state index in [1.807, 2.05) is 42.6 Å². The molecule has 6 heteroatoms. The van der Waals surface area contributed by atoms with Crippen molar-refractivity contribution in [2.24, 2.45) is 0 Å². The molecule has 0 fully saturated rings. The highest BCUT2D eigenvalue weighted by molar-refractivity contribution is 7.14. The lowest BCUT2D eigenvalue weighted by Gasteiger charge is -2.16. The zero-order valence-electron chi connectivity index (χ0n) is 13.4. The highest BCUT2D eigenvalue weighted by atomic mass is 32.1. The van der Waals surface area contributed by atoms with Crippen LogP contribution in [0.15, 0.2) is 60.8 Å². The highest BCUT2D eigenvalue weighted by Gasteiger charge is 2.21. The molecule has 0 aliphatic heterocycles. The Kier molecular flexibility index (Phi) is 4.86. The van der Waals surface area contributed by atoms with E-state index in [0.29, 0.717) is 17.2 Å². The molecule has 0 atom stereocenters. The predicted molar refractivity (Wildman–Crippen MR) is 97.3 cm³/mol. The van der Waals surface area contributed by atoms with E-state index in [4.69, 9.17) is 0 Å². The van der Waals surface area contributed by atoms with Crippen molar-refractivity contribution in [3.8, 4) is 11.3 Å². The van der Waals surface area contributed by atoms with E-state index in [2.05, 4.69) is 16.7 Å². The van der Waals surface area contributed by atoms with Gasteiger partial charge in [0.15, 0.2) is 5.13 Å². The van der Waals surface area contributed by atoms with E-state index in [1.165, 1.54) is 11.3 Å². The first kappa shape index (κ1) is 16.1. The van der Waals surface area contributed by atoms with Crippen molar-refractivity contribution >= 4 is 22.4 Å². The molecule has 1 amide bonds. The number of benzene rings is 1. The Morgan fingerprint density at radius 2 is 2.17 bits per heavy atom. The number of hydrogen-bond donors (Lipinski definition) is 0. The van der Waals surface area contributed by atoms with Crippen molar-refractivity contribution in [1.29, 1.82) is 0 Å². The van der Waals surface area contributed by atoms with Gasteiger partial charge in [-0.3, -0.25) is 14.4 Å². The Morgan fingerprint density at radius 3 is 2.83 bits per heavy atom. The first-order valence-electron chi connectivity index (χ1n) is 7.69. The molecule has 2 aromatic heterocycles. The first-order chi connectivity index (χ1) is 11.7. The Labute approximate surface area is 144 Å². The van der Waals surface area contributed by atoms with Crippen LogP contribution in [-0.4, -0.2) is 27.2 Å². The molecule has 24 heavy (non-hydrogen) atoms. The number of amides is 1. The summed E-state index contributed by atoms with van der Waals surface area (Å²) < 4.78 is 1.73. The molecule has 2 heterocycles. The Morgan fingerprint density at radius 1 is 1.38 bits per heavy atom. The molecule has 1 aromatic carbocycles. The van der Waals surface area contributed by atoms with Crippen molar-refractivity contribution in [2.75, 3.05) is 11.4 Å². The summed E-state index contributed by atoms with van der Waals surface area (Å²) in [5.74, 6) is -0.122. The SMILES string of the molecule is C=CCN(C(=O)c1cnn(CC)c1)c1nc(-c2ccccc2)cs1. The van der Waals surface area contributed by atoms with Gasteiger partial charge in [-0.25, -0.2) is 4.98 Å². The van der Waals surface area contributed by atoms with E-state index in [0.717, 1.165) is 17.8 Å². The largest absolute Gasteiger partial charge is 0.280 e. The average molecular weight is 338 g/mol. The van der Waals surface area contributed by atoms with E-state index in [9.17, 15) is 4.79 Å². The van der Waals surface area contributed by atoms with Crippen LogP contribution < -0.4 is 4.90 Å². The van der Waals surface area contributed by atoms with Gasteiger partial charge in [0.05, 0.1) is 17.5 Å². The van der Waals surface area contributed by atoms with E-state index < -0.39 is 0 Å². The number of carbonyl (C=O) groups is 1. The van der Waals surface area contributed by atoms with E-state index in [-0.39, 0.29) is 5.91 Å². The summed E-state index contributed by atoms with van der Waals surface area (Å²) in [5, 5.41) is 6.79. The molecular weight excluding hydrogens is 320 g/mol. The number of nitrogens with zero attached hydrogens (tertiary/aromatic N) is 4. The summed E-state index contributed by atoms with van der Waals surface area (Å²) in [6.45, 7) is 6.86. The lowest BCUT2D eigenvalue weighted by Crippen LogP contribution is -2.30. The number of thiazole rings is 1. The molecule has 0 N–H and O–H groups in total. The van der Waals surface area contributed by atoms with Gasteiger partial charge < -0.3 is 0 Å². The topological polar surface area (TPSA) is 51.0 Å². The lowest BCUT2D eigenvalue weighted by atomic mass is 10.2. The minimum Gasteiger partial charge on any atom is -0.280 e. The fourth-order valence-electron chi connectivity index (χ4n) is 2.31. The van der Waals surface area contributed by atoms with Gasteiger partial charge in [0, 0.05) is 30.2 Å². The summed E-state index contributed by atoms with van der Waals surface area (Å²) in [5.41, 5.74) is 2.45. The summed E-state index contributed by atoms with van der Waals surface area (Å²) in [6.07, 6.45) is 5.05. The van der Waals surface area contributed by atoms with E-state index >= 15 is 0 Å². The van der Waals surface area contributed by atoms with Crippen LogP contribution in [0.25, 0.3) is 11.3 Å². The van der Waals surface area contributed by atoms with Crippen molar-refractivity contribution in [3.05, 3.63) is 66.3 Å². The standard InChI is InChI=1S/C18H18N4OS/c1-3-10-22(17(23)15-11-19-21(4-2)12-15)18-20-16(13-24-18)14-8-6-5-7-9-14/h3,5-9,11-13H,1,4,10H2,2H3. The van der Waals surface area contributed by atoms with Gasteiger partial charge in [0.1, 0.15) is 0 Å². The van der Waals surface area contributed by atoms with Crippen LogP contribution in [0.2, 0.25) is 0 Å². The fraction of sp³-hybridized carbons (Fsp3) is 0.167. The molecule has 122 valence electrons. The molecular formula is C18H18N4OS. The molecule has 3 aromatic rings. The van der Waals surface area contributed by atoms with Crippen LogP contribution in [-0.2, 0) is 6.54 Å². The van der Waals surface area contributed by atoms with Gasteiger partial charge in [0.2, 0.25) is 0 Å². The molecule has 0 aliphatic carbocycles. The molecule has 0 radical (unpaired) electrons. The molecule has 0 spiro atoms. The third-order valence-corrected chi connectivity index (χ3v) is 4.42. The second-order valence-electron chi connectivity index (χ2n) is 5.17. The monoisotopic (exact) mass is 338 g/mol. The quantitative estimate of drug-likeness (QED) is 0.641. The fourth-order valence-corrected chi connectivity index (χ4v) is 3.15. The van der Waals surface area contributed by atoms with E-state index in [1.54, 1.807) is 28.1 Å². The summed E-state index contributed by atoms with van der Waals surface area (Å²) in [4.78, 5) is 19.0. The maximum Gasteiger partial charge on any atom is 0.263 e. The maximum absolute atomic E-state index is 12.8. The normalized spacial score (nSPS) is 10.5. The van der Waals surface area contributed by atoms with Crippen LogP contribution in [0.3, 0.4) is 0 Å². The number of aryl methyl sites for hydroxylation is 1. The minimum absolute atomic E-state index is 0.122. The smallest absolute Gasteiger partial charge is 0.263 e. The third kappa shape index (κ3) is 3.28. The van der Waals surface area contributed by atoms with Gasteiger partial charge in [-0.05, 0) is 6.92 Å². The van der Waals surface area contributed by atoms with Gasteiger partial charge in [0.25, 0.3) is 5.91 Å². The third-order valence-electron chi connectivity index (χ3n) is 3.55. The molecule has 3 rings (SSSR count). The van der Waals surface area contributed by atoms with Crippen LogP contribution in [0, 0.1) is 0 Å². The van der Waals surface area contributed by atoms with Gasteiger partial charge >= 0.3 is 0 Å². The highest BCUT2D eigenvalue weighted by Crippen LogP contribution is 2.28. The zero-order valence-corrected chi connectivity index (χ0v) is 14.2. The Hall–Kier alpha value is -2.73. The predicted octanol–water partition coefficient (Wildman–Crippen LogP) is 3.86. The lowest BCUT2D eigenvalue weighted by molar-refractivity contribution is 0.0989. The Bertz CT molecular complexity index is 838.